The molecule has 0 fully saturated rings. The van der Waals surface area contributed by atoms with Crippen molar-refractivity contribution in [3.63, 3.8) is 0 Å². The molecule has 0 aliphatic carbocycles. The van der Waals surface area contributed by atoms with Crippen molar-refractivity contribution in [1.82, 2.24) is 4.98 Å². The molecule has 1 atom stereocenters. The summed E-state index contributed by atoms with van der Waals surface area (Å²) < 4.78 is 5.16. The van der Waals surface area contributed by atoms with Gasteiger partial charge in [-0.05, 0) is 18.2 Å². The number of nitrogens with two attached hydrogens (primary N) is 1. The Labute approximate surface area is 65.5 Å². The summed E-state index contributed by atoms with van der Waals surface area (Å²) in [4.78, 5) is 3.86. The molecule has 0 aliphatic rings. The highest BCUT2D eigenvalue weighted by molar-refractivity contribution is 5.16. The van der Waals surface area contributed by atoms with Crippen LogP contribution < -0.4 is 10.5 Å². The zero-order valence-corrected chi connectivity index (χ0v) is 6.10. The maximum atomic E-state index is 5.44. The van der Waals surface area contributed by atoms with Crippen molar-refractivity contribution in [3.8, 4) is 5.75 Å². The highest BCUT2D eigenvalue weighted by Crippen LogP contribution is 2.06. The molecule has 1 heterocycles. The highest BCUT2D eigenvalue weighted by atomic mass is 16.5. The second kappa shape index (κ2) is 3.73. The van der Waals surface area contributed by atoms with Crippen molar-refractivity contribution in [2.24, 2.45) is 5.73 Å². The maximum Gasteiger partial charge on any atom is 0.166 e. The van der Waals surface area contributed by atoms with E-state index in [0.29, 0.717) is 5.75 Å². The number of hydrogen-bond acceptors (Lipinski definition) is 3. The van der Waals surface area contributed by atoms with Gasteiger partial charge in [-0.2, -0.15) is 0 Å². The van der Waals surface area contributed by atoms with Gasteiger partial charge in [-0.15, -0.1) is 0 Å². The average Bonchev–Trinajstić information content (AvgIpc) is 2.06. The number of rotatable bonds is 3. The Morgan fingerprint density at radius 2 is 2.55 bits per heavy atom. The second-order valence-corrected chi connectivity index (χ2v) is 2.01. The van der Waals surface area contributed by atoms with Crippen LogP contribution in [0, 0.1) is 0 Å². The summed E-state index contributed by atoms with van der Waals surface area (Å²) >= 11 is 0. The van der Waals surface area contributed by atoms with E-state index in [-0.39, 0.29) is 0 Å². The van der Waals surface area contributed by atoms with Gasteiger partial charge in [-0.1, -0.05) is 6.58 Å². The van der Waals surface area contributed by atoms with Gasteiger partial charge in [0, 0.05) is 6.20 Å². The molecule has 0 spiro atoms. The lowest BCUT2D eigenvalue weighted by molar-refractivity contribution is 0.257. The normalized spacial score (nSPS) is 12.1. The average molecular weight is 150 g/mol. The molecule has 0 bridgehead atoms. The Kier molecular flexibility index (Phi) is 2.63. The molecular weight excluding hydrogens is 140 g/mol. The van der Waals surface area contributed by atoms with Gasteiger partial charge in [0.15, 0.2) is 6.23 Å². The molecule has 58 valence electrons. The molecule has 1 rings (SSSR count). The summed E-state index contributed by atoms with van der Waals surface area (Å²) in [6.45, 7) is 3.49. The molecule has 11 heavy (non-hydrogen) atoms. The van der Waals surface area contributed by atoms with E-state index >= 15 is 0 Å². The molecule has 3 heteroatoms. The van der Waals surface area contributed by atoms with Gasteiger partial charge in [-0.25, -0.2) is 0 Å². The van der Waals surface area contributed by atoms with Crippen molar-refractivity contribution < 1.29 is 4.74 Å². The molecule has 3 nitrogen and oxygen atoms in total. The molecule has 0 radical (unpaired) electrons. The smallest absolute Gasteiger partial charge is 0.166 e. The zero-order valence-electron chi connectivity index (χ0n) is 6.10. The van der Waals surface area contributed by atoms with Gasteiger partial charge in [0.25, 0.3) is 0 Å². The van der Waals surface area contributed by atoms with E-state index in [1.165, 1.54) is 6.08 Å². The van der Waals surface area contributed by atoms with Gasteiger partial charge in [-0.3, -0.25) is 10.7 Å². The summed E-state index contributed by atoms with van der Waals surface area (Å²) in [7, 11) is 0. The summed E-state index contributed by atoms with van der Waals surface area (Å²) in [5.74, 6) is 0.653. The lowest BCUT2D eigenvalue weighted by atomic mass is 10.4. The number of pyridine rings is 1. The van der Waals surface area contributed by atoms with Crippen molar-refractivity contribution in [3.05, 3.63) is 37.2 Å². The fourth-order valence-electron chi connectivity index (χ4n) is 0.622. The number of ether oxygens (including phenoxy) is 1. The van der Waals surface area contributed by atoms with Gasteiger partial charge in [0.1, 0.15) is 5.75 Å². The number of hydrogen-bond donors (Lipinski definition) is 1. The first-order valence-electron chi connectivity index (χ1n) is 3.28. The van der Waals surface area contributed by atoms with E-state index in [1.54, 1.807) is 24.5 Å². The van der Waals surface area contributed by atoms with Crippen LogP contribution in [0.4, 0.5) is 0 Å². The summed E-state index contributed by atoms with van der Waals surface area (Å²) in [6.07, 6.45) is 4.34. The molecular formula is C8H10N2O. The minimum Gasteiger partial charge on any atom is -0.470 e. The summed E-state index contributed by atoms with van der Waals surface area (Å²) in [5, 5.41) is 0. The Hall–Kier alpha value is -1.35. The van der Waals surface area contributed by atoms with Gasteiger partial charge < -0.3 is 4.74 Å². The highest BCUT2D eigenvalue weighted by Gasteiger charge is 1.96. The molecule has 0 amide bonds. The van der Waals surface area contributed by atoms with Gasteiger partial charge in [0.05, 0.1) is 6.20 Å². The Balaban J connectivity index is 2.57. The van der Waals surface area contributed by atoms with E-state index < -0.39 is 6.23 Å². The lowest BCUT2D eigenvalue weighted by Crippen LogP contribution is -2.23. The molecule has 2 N–H and O–H groups in total. The van der Waals surface area contributed by atoms with Crippen LogP contribution in [0.15, 0.2) is 37.2 Å². The quantitative estimate of drug-likeness (QED) is 0.515. The third-order valence-electron chi connectivity index (χ3n) is 1.14. The molecule has 0 aliphatic heterocycles. The fraction of sp³-hybridized carbons (Fsp3) is 0.125. The SMILES string of the molecule is C=CC(N)Oc1cccnc1. The lowest BCUT2D eigenvalue weighted by Gasteiger charge is -2.08. The topological polar surface area (TPSA) is 48.1 Å². The van der Waals surface area contributed by atoms with Gasteiger partial charge in [0.2, 0.25) is 0 Å². The molecule has 0 saturated heterocycles. The third-order valence-corrected chi connectivity index (χ3v) is 1.14. The van der Waals surface area contributed by atoms with Crippen molar-refractivity contribution >= 4 is 0 Å². The van der Waals surface area contributed by atoms with Crippen LogP contribution in [-0.2, 0) is 0 Å². The first-order valence-corrected chi connectivity index (χ1v) is 3.28. The monoisotopic (exact) mass is 150 g/mol. The Bertz CT molecular complexity index is 223. The largest absolute Gasteiger partial charge is 0.470 e. The minimum atomic E-state index is -0.459. The van der Waals surface area contributed by atoms with Crippen molar-refractivity contribution in [1.29, 1.82) is 0 Å². The maximum absolute atomic E-state index is 5.44. The van der Waals surface area contributed by atoms with E-state index in [1.807, 2.05) is 0 Å². The summed E-state index contributed by atoms with van der Waals surface area (Å²) in [5.41, 5.74) is 5.44. The van der Waals surface area contributed by atoms with E-state index in [9.17, 15) is 0 Å². The van der Waals surface area contributed by atoms with Crippen LogP contribution in [0.25, 0.3) is 0 Å². The molecule has 1 aromatic rings. The van der Waals surface area contributed by atoms with E-state index in [2.05, 4.69) is 11.6 Å². The van der Waals surface area contributed by atoms with Crippen LogP contribution in [-0.4, -0.2) is 11.2 Å². The second-order valence-electron chi connectivity index (χ2n) is 2.01. The fourth-order valence-corrected chi connectivity index (χ4v) is 0.622. The van der Waals surface area contributed by atoms with E-state index in [4.69, 9.17) is 10.5 Å². The standard InChI is InChI=1S/C8H10N2O/c1-2-8(9)11-7-4-3-5-10-6-7/h2-6,8H,1,9H2. The number of aromatic nitrogens is 1. The molecule has 1 aromatic heterocycles. The Morgan fingerprint density at radius 1 is 1.73 bits per heavy atom. The minimum absolute atomic E-state index is 0.459. The van der Waals surface area contributed by atoms with Crippen LogP contribution in [0.1, 0.15) is 0 Å². The van der Waals surface area contributed by atoms with Gasteiger partial charge >= 0.3 is 0 Å². The predicted octanol–water partition coefficient (Wildman–Crippen LogP) is 0.931. The predicted molar refractivity (Wildman–Crippen MR) is 43.0 cm³/mol. The zero-order chi connectivity index (χ0) is 8.10. The third kappa shape index (κ3) is 2.39. The van der Waals surface area contributed by atoms with Crippen LogP contribution >= 0.6 is 0 Å². The molecule has 1 unspecified atom stereocenters. The summed E-state index contributed by atoms with van der Waals surface area (Å²) in [6, 6.07) is 3.57. The Morgan fingerprint density at radius 3 is 3.09 bits per heavy atom. The molecule has 0 saturated carbocycles. The van der Waals surface area contributed by atoms with Crippen LogP contribution in [0.3, 0.4) is 0 Å². The number of nitrogens with zero attached hydrogens (tertiary/aromatic N) is 1. The van der Waals surface area contributed by atoms with Crippen molar-refractivity contribution in [2.75, 3.05) is 0 Å². The molecule has 0 aromatic carbocycles. The van der Waals surface area contributed by atoms with Crippen LogP contribution in [0.5, 0.6) is 5.75 Å². The first-order chi connectivity index (χ1) is 5.33. The van der Waals surface area contributed by atoms with Crippen LogP contribution in [0.2, 0.25) is 0 Å². The first kappa shape index (κ1) is 7.75. The van der Waals surface area contributed by atoms with E-state index in [0.717, 1.165) is 0 Å². The van der Waals surface area contributed by atoms with Crippen molar-refractivity contribution in [2.45, 2.75) is 6.23 Å².